The molecule has 16 heavy (non-hydrogen) atoms. The maximum atomic E-state index is 11.4. The molecule has 4 heteroatoms. The Morgan fingerprint density at radius 2 is 2.12 bits per heavy atom. The molecule has 0 aliphatic heterocycles. The fraction of sp³-hybridized carbons (Fsp3) is 0.417. The van der Waals surface area contributed by atoms with Crippen molar-refractivity contribution in [3.8, 4) is 0 Å². The van der Waals surface area contributed by atoms with Crippen LogP contribution in [0.25, 0.3) is 0 Å². The predicted molar refractivity (Wildman–Crippen MR) is 67.7 cm³/mol. The van der Waals surface area contributed by atoms with Gasteiger partial charge in [0.1, 0.15) is 6.61 Å². The van der Waals surface area contributed by atoms with Gasteiger partial charge in [0.15, 0.2) is 0 Å². The fourth-order valence-electron chi connectivity index (χ4n) is 1.21. The Morgan fingerprint density at radius 3 is 2.69 bits per heavy atom. The summed E-state index contributed by atoms with van der Waals surface area (Å²) >= 11 is 4.14. The zero-order chi connectivity index (χ0) is 11.8. The average Bonchev–Trinajstić information content (AvgIpc) is 2.34. The fourth-order valence-corrected chi connectivity index (χ4v) is 1.56. The lowest BCUT2D eigenvalue weighted by molar-refractivity contribution is 0.136. The molecule has 1 unspecified atom stereocenters. The van der Waals surface area contributed by atoms with Crippen molar-refractivity contribution in [2.24, 2.45) is 0 Å². The van der Waals surface area contributed by atoms with Crippen LogP contribution in [0.3, 0.4) is 0 Å². The smallest absolute Gasteiger partial charge is 0.407 e. The Labute approximate surface area is 102 Å². The molecule has 0 spiro atoms. The van der Waals surface area contributed by atoms with Gasteiger partial charge < -0.3 is 10.1 Å². The molecule has 1 aromatic carbocycles. The number of alkyl carbamates (subject to hydrolysis) is 1. The SMILES string of the molecule is CCC(CS)NC(=O)OCc1ccccc1. The van der Waals surface area contributed by atoms with E-state index >= 15 is 0 Å². The Balaban J connectivity index is 2.30. The summed E-state index contributed by atoms with van der Waals surface area (Å²) in [6.07, 6.45) is 0.467. The summed E-state index contributed by atoms with van der Waals surface area (Å²) in [5.74, 6) is 0.622. The van der Waals surface area contributed by atoms with E-state index in [0.717, 1.165) is 12.0 Å². The largest absolute Gasteiger partial charge is 0.445 e. The van der Waals surface area contributed by atoms with Crippen molar-refractivity contribution in [1.29, 1.82) is 0 Å². The number of ether oxygens (including phenoxy) is 1. The third-order valence-electron chi connectivity index (χ3n) is 2.25. The van der Waals surface area contributed by atoms with Crippen molar-refractivity contribution in [2.45, 2.75) is 26.0 Å². The number of nitrogens with one attached hydrogen (secondary N) is 1. The molecule has 1 rings (SSSR count). The number of rotatable bonds is 5. The number of carbonyl (C=O) groups is 1. The van der Waals surface area contributed by atoms with E-state index in [4.69, 9.17) is 4.74 Å². The van der Waals surface area contributed by atoms with Crippen LogP contribution in [0.5, 0.6) is 0 Å². The highest BCUT2D eigenvalue weighted by Crippen LogP contribution is 2.01. The highest BCUT2D eigenvalue weighted by atomic mass is 32.1. The van der Waals surface area contributed by atoms with Crippen LogP contribution >= 0.6 is 12.6 Å². The minimum atomic E-state index is -0.384. The molecule has 0 radical (unpaired) electrons. The van der Waals surface area contributed by atoms with Crippen LogP contribution in [0.15, 0.2) is 30.3 Å². The van der Waals surface area contributed by atoms with E-state index in [9.17, 15) is 4.79 Å². The van der Waals surface area contributed by atoms with E-state index in [1.807, 2.05) is 37.3 Å². The first-order valence-corrected chi connectivity index (χ1v) is 5.97. The molecule has 0 saturated carbocycles. The number of hydrogen-bond donors (Lipinski definition) is 2. The van der Waals surface area contributed by atoms with Gasteiger partial charge in [-0.25, -0.2) is 4.79 Å². The van der Waals surface area contributed by atoms with Gasteiger partial charge in [-0.15, -0.1) is 0 Å². The highest BCUT2D eigenvalue weighted by molar-refractivity contribution is 7.80. The van der Waals surface area contributed by atoms with Gasteiger partial charge in [-0.1, -0.05) is 37.3 Å². The van der Waals surface area contributed by atoms with Crippen LogP contribution in [0.2, 0.25) is 0 Å². The van der Waals surface area contributed by atoms with Gasteiger partial charge in [0.25, 0.3) is 0 Å². The Hall–Kier alpha value is -1.16. The molecule has 0 bridgehead atoms. The first-order valence-electron chi connectivity index (χ1n) is 5.34. The van der Waals surface area contributed by atoms with Crippen molar-refractivity contribution in [1.82, 2.24) is 5.32 Å². The minimum Gasteiger partial charge on any atom is -0.445 e. The van der Waals surface area contributed by atoms with Crippen molar-refractivity contribution < 1.29 is 9.53 Å². The average molecular weight is 239 g/mol. The van der Waals surface area contributed by atoms with Gasteiger partial charge in [-0.3, -0.25) is 0 Å². The molecule has 0 saturated heterocycles. The second kappa shape index (κ2) is 7.17. The van der Waals surface area contributed by atoms with Gasteiger partial charge in [-0.05, 0) is 12.0 Å². The molecule has 0 aliphatic rings. The summed E-state index contributed by atoms with van der Waals surface area (Å²) in [6, 6.07) is 9.68. The first-order chi connectivity index (χ1) is 7.76. The number of amides is 1. The van der Waals surface area contributed by atoms with Crippen molar-refractivity contribution in [2.75, 3.05) is 5.75 Å². The Bertz CT molecular complexity index is 312. The van der Waals surface area contributed by atoms with E-state index in [0.29, 0.717) is 12.4 Å². The topological polar surface area (TPSA) is 38.3 Å². The second-order valence-corrected chi connectivity index (χ2v) is 3.86. The summed E-state index contributed by atoms with van der Waals surface area (Å²) in [5, 5.41) is 2.75. The van der Waals surface area contributed by atoms with Gasteiger partial charge >= 0.3 is 6.09 Å². The minimum absolute atomic E-state index is 0.0756. The molecular formula is C12H17NO2S. The third-order valence-corrected chi connectivity index (χ3v) is 2.69. The van der Waals surface area contributed by atoms with Crippen LogP contribution in [-0.2, 0) is 11.3 Å². The van der Waals surface area contributed by atoms with Gasteiger partial charge in [0.2, 0.25) is 0 Å². The molecule has 0 fully saturated rings. The molecule has 1 N–H and O–H groups in total. The van der Waals surface area contributed by atoms with E-state index in [2.05, 4.69) is 17.9 Å². The number of hydrogen-bond acceptors (Lipinski definition) is 3. The lowest BCUT2D eigenvalue weighted by Crippen LogP contribution is -2.35. The zero-order valence-corrected chi connectivity index (χ0v) is 10.2. The first kappa shape index (κ1) is 12.9. The standard InChI is InChI=1S/C12H17NO2S/c1-2-11(9-16)13-12(14)15-8-10-6-4-3-5-7-10/h3-7,11,16H,2,8-9H2,1H3,(H,13,14). The van der Waals surface area contributed by atoms with Crippen molar-refractivity contribution >= 4 is 18.7 Å². The quantitative estimate of drug-likeness (QED) is 0.775. The second-order valence-electron chi connectivity index (χ2n) is 3.49. The molecule has 1 atom stereocenters. The van der Waals surface area contributed by atoms with Crippen LogP contribution in [0, 0.1) is 0 Å². The Kier molecular flexibility index (Phi) is 5.78. The summed E-state index contributed by atoms with van der Waals surface area (Å²) in [5.41, 5.74) is 0.983. The van der Waals surface area contributed by atoms with E-state index in [1.54, 1.807) is 0 Å². The molecule has 0 aromatic heterocycles. The lowest BCUT2D eigenvalue weighted by atomic mass is 10.2. The van der Waals surface area contributed by atoms with Crippen molar-refractivity contribution in [3.05, 3.63) is 35.9 Å². The lowest BCUT2D eigenvalue weighted by Gasteiger charge is -2.14. The number of thiol groups is 1. The third kappa shape index (κ3) is 4.57. The monoisotopic (exact) mass is 239 g/mol. The number of benzene rings is 1. The van der Waals surface area contributed by atoms with Crippen LogP contribution in [-0.4, -0.2) is 17.9 Å². The normalized spacial score (nSPS) is 11.9. The highest BCUT2D eigenvalue weighted by Gasteiger charge is 2.09. The van der Waals surface area contributed by atoms with Gasteiger partial charge in [-0.2, -0.15) is 12.6 Å². The zero-order valence-electron chi connectivity index (χ0n) is 9.35. The molecule has 0 aliphatic carbocycles. The van der Waals surface area contributed by atoms with Gasteiger partial charge in [0.05, 0.1) is 0 Å². The summed E-state index contributed by atoms with van der Waals surface area (Å²) in [7, 11) is 0. The Morgan fingerprint density at radius 1 is 1.44 bits per heavy atom. The maximum Gasteiger partial charge on any atom is 0.407 e. The molecule has 0 heterocycles. The van der Waals surface area contributed by atoms with Gasteiger partial charge in [0, 0.05) is 11.8 Å². The number of carbonyl (C=O) groups excluding carboxylic acids is 1. The summed E-state index contributed by atoms with van der Waals surface area (Å²) in [6.45, 7) is 2.30. The molecule has 1 aromatic rings. The van der Waals surface area contributed by atoms with Crippen LogP contribution in [0.1, 0.15) is 18.9 Å². The van der Waals surface area contributed by atoms with Crippen molar-refractivity contribution in [3.63, 3.8) is 0 Å². The summed E-state index contributed by atoms with van der Waals surface area (Å²) < 4.78 is 5.08. The van der Waals surface area contributed by atoms with E-state index in [1.165, 1.54) is 0 Å². The molecule has 3 nitrogen and oxygen atoms in total. The molecule has 1 amide bonds. The molecule has 88 valence electrons. The van der Waals surface area contributed by atoms with E-state index in [-0.39, 0.29) is 12.1 Å². The predicted octanol–water partition coefficient (Wildman–Crippen LogP) is 2.62. The van der Waals surface area contributed by atoms with Crippen LogP contribution in [0.4, 0.5) is 4.79 Å². The van der Waals surface area contributed by atoms with E-state index < -0.39 is 0 Å². The molecular weight excluding hydrogens is 222 g/mol. The summed E-state index contributed by atoms with van der Waals surface area (Å²) in [4.78, 5) is 11.4. The van der Waals surface area contributed by atoms with Crippen LogP contribution < -0.4 is 5.32 Å². The maximum absolute atomic E-state index is 11.4.